The van der Waals surface area contributed by atoms with E-state index < -0.39 is 0 Å². The Balaban J connectivity index is 1.86. The lowest BCUT2D eigenvalue weighted by Gasteiger charge is -2.28. The zero-order valence-electron chi connectivity index (χ0n) is 12.7. The third-order valence-corrected chi connectivity index (χ3v) is 5.14. The minimum atomic E-state index is 0.282. The van der Waals surface area contributed by atoms with Gasteiger partial charge in [-0.15, -0.1) is 0 Å². The van der Waals surface area contributed by atoms with Gasteiger partial charge in [-0.1, -0.05) is 54.1 Å². The average Bonchev–Trinajstić information content (AvgIpc) is 3.29. The van der Waals surface area contributed by atoms with E-state index in [1.807, 2.05) is 0 Å². The summed E-state index contributed by atoms with van der Waals surface area (Å²) in [6, 6.07) is 17.7. The van der Waals surface area contributed by atoms with Crippen LogP contribution in [0.2, 0.25) is 5.02 Å². The molecule has 1 aliphatic rings. The number of halogens is 1. The summed E-state index contributed by atoms with van der Waals surface area (Å²) in [5.41, 5.74) is 4.19. The van der Waals surface area contributed by atoms with Gasteiger partial charge in [0.1, 0.15) is 0 Å². The van der Waals surface area contributed by atoms with Crippen molar-refractivity contribution in [1.29, 1.82) is 0 Å². The third-order valence-electron chi connectivity index (χ3n) is 4.79. The summed E-state index contributed by atoms with van der Waals surface area (Å²) < 4.78 is 0. The van der Waals surface area contributed by atoms with Gasteiger partial charge in [-0.05, 0) is 56.0 Å². The van der Waals surface area contributed by atoms with Gasteiger partial charge in [0.15, 0.2) is 0 Å². The van der Waals surface area contributed by atoms with Crippen LogP contribution in [-0.4, -0.2) is 13.1 Å². The number of hydrogen-bond acceptors (Lipinski definition) is 1. The van der Waals surface area contributed by atoms with Crippen LogP contribution in [-0.2, 0) is 11.8 Å². The molecule has 2 aromatic carbocycles. The predicted octanol–water partition coefficient (Wildman–Crippen LogP) is 4.51. The fourth-order valence-corrected chi connectivity index (χ4v) is 3.67. The maximum atomic E-state index is 6.42. The Morgan fingerprint density at radius 1 is 1.14 bits per heavy atom. The van der Waals surface area contributed by atoms with E-state index in [4.69, 9.17) is 11.6 Å². The SMILES string of the molecule is CNC(Cc1ccc(C)cc1Cl)C1(c2ccccc2)CC1. The minimum absolute atomic E-state index is 0.282. The average molecular weight is 300 g/mol. The zero-order valence-corrected chi connectivity index (χ0v) is 13.5. The van der Waals surface area contributed by atoms with Gasteiger partial charge in [-0.25, -0.2) is 0 Å². The van der Waals surface area contributed by atoms with Crippen molar-refractivity contribution in [2.24, 2.45) is 0 Å². The molecule has 0 amide bonds. The topological polar surface area (TPSA) is 12.0 Å². The summed E-state index contributed by atoms with van der Waals surface area (Å²) >= 11 is 6.42. The summed E-state index contributed by atoms with van der Waals surface area (Å²) in [4.78, 5) is 0. The van der Waals surface area contributed by atoms with Crippen LogP contribution in [0, 0.1) is 6.92 Å². The van der Waals surface area contributed by atoms with Crippen LogP contribution in [0.15, 0.2) is 48.5 Å². The third kappa shape index (κ3) is 2.86. The largest absolute Gasteiger partial charge is 0.316 e. The molecular weight excluding hydrogens is 278 g/mol. The highest BCUT2D eigenvalue weighted by molar-refractivity contribution is 6.31. The van der Waals surface area contributed by atoms with Crippen LogP contribution in [0.5, 0.6) is 0 Å². The van der Waals surface area contributed by atoms with Crippen molar-refractivity contribution in [2.75, 3.05) is 7.05 Å². The van der Waals surface area contributed by atoms with Crippen molar-refractivity contribution in [3.63, 3.8) is 0 Å². The number of aryl methyl sites for hydroxylation is 1. The number of benzene rings is 2. The van der Waals surface area contributed by atoms with Gasteiger partial charge in [-0.3, -0.25) is 0 Å². The molecule has 1 atom stereocenters. The lowest BCUT2D eigenvalue weighted by atomic mass is 9.84. The van der Waals surface area contributed by atoms with Crippen molar-refractivity contribution in [2.45, 2.75) is 37.6 Å². The zero-order chi connectivity index (χ0) is 14.9. The van der Waals surface area contributed by atoms with E-state index >= 15 is 0 Å². The molecule has 1 unspecified atom stereocenters. The van der Waals surface area contributed by atoms with Crippen LogP contribution in [0.3, 0.4) is 0 Å². The summed E-state index contributed by atoms with van der Waals surface area (Å²) in [5, 5.41) is 4.42. The van der Waals surface area contributed by atoms with E-state index in [-0.39, 0.29) is 5.41 Å². The smallest absolute Gasteiger partial charge is 0.0441 e. The molecule has 0 heterocycles. The first-order chi connectivity index (χ1) is 10.2. The van der Waals surface area contributed by atoms with Gasteiger partial charge in [0.2, 0.25) is 0 Å². The highest BCUT2D eigenvalue weighted by atomic mass is 35.5. The Labute approximate surface area is 132 Å². The molecule has 0 bridgehead atoms. The number of rotatable bonds is 5. The van der Waals surface area contributed by atoms with E-state index in [9.17, 15) is 0 Å². The molecule has 110 valence electrons. The number of hydrogen-bond donors (Lipinski definition) is 1. The van der Waals surface area contributed by atoms with Crippen molar-refractivity contribution in [1.82, 2.24) is 5.32 Å². The van der Waals surface area contributed by atoms with Crippen molar-refractivity contribution in [3.8, 4) is 0 Å². The number of nitrogens with one attached hydrogen (secondary N) is 1. The van der Waals surface area contributed by atoms with Gasteiger partial charge >= 0.3 is 0 Å². The van der Waals surface area contributed by atoms with Crippen LogP contribution in [0.1, 0.15) is 29.5 Å². The molecule has 21 heavy (non-hydrogen) atoms. The van der Waals surface area contributed by atoms with Crippen LogP contribution < -0.4 is 5.32 Å². The van der Waals surface area contributed by atoms with E-state index in [1.165, 1.54) is 29.5 Å². The highest BCUT2D eigenvalue weighted by Crippen LogP contribution is 2.51. The van der Waals surface area contributed by atoms with Gasteiger partial charge in [0, 0.05) is 16.5 Å². The molecule has 1 N–H and O–H groups in total. The molecule has 0 aromatic heterocycles. The predicted molar refractivity (Wildman–Crippen MR) is 90.1 cm³/mol. The molecule has 2 heteroatoms. The first kappa shape index (κ1) is 14.6. The molecule has 0 radical (unpaired) electrons. The van der Waals surface area contributed by atoms with Crippen LogP contribution in [0.4, 0.5) is 0 Å². The molecule has 1 saturated carbocycles. The Kier molecular flexibility index (Phi) is 4.05. The summed E-state index contributed by atoms with van der Waals surface area (Å²) in [6.07, 6.45) is 3.49. The second-order valence-electron chi connectivity index (χ2n) is 6.16. The van der Waals surface area contributed by atoms with Gasteiger partial charge in [0.05, 0.1) is 0 Å². The lowest BCUT2D eigenvalue weighted by Crippen LogP contribution is -2.39. The van der Waals surface area contributed by atoms with E-state index in [1.54, 1.807) is 0 Å². The second kappa shape index (κ2) is 5.82. The highest BCUT2D eigenvalue weighted by Gasteiger charge is 2.49. The molecule has 1 nitrogen and oxygen atoms in total. The maximum absolute atomic E-state index is 6.42. The van der Waals surface area contributed by atoms with Gasteiger partial charge in [0.25, 0.3) is 0 Å². The fraction of sp³-hybridized carbons (Fsp3) is 0.368. The summed E-state index contributed by atoms with van der Waals surface area (Å²) in [5.74, 6) is 0. The van der Waals surface area contributed by atoms with Crippen molar-refractivity contribution >= 4 is 11.6 Å². The Hall–Kier alpha value is -1.31. The molecule has 0 aliphatic heterocycles. The fourth-order valence-electron chi connectivity index (χ4n) is 3.35. The normalized spacial score (nSPS) is 17.5. The monoisotopic (exact) mass is 299 g/mol. The lowest BCUT2D eigenvalue weighted by molar-refractivity contribution is 0.442. The molecular formula is C19H22ClN. The Morgan fingerprint density at radius 3 is 2.43 bits per heavy atom. The quantitative estimate of drug-likeness (QED) is 0.856. The molecule has 0 saturated heterocycles. The Bertz CT molecular complexity index is 617. The molecule has 3 rings (SSSR count). The molecule has 2 aromatic rings. The maximum Gasteiger partial charge on any atom is 0.0441 e. The Morgan fingerprint density at radius 2 is 1.86 bits per heavy atom. The molecule has 1 fully saturated rings. The second-order valence-corrected chi connectivity index (χ2v) is 6.57. The van der Waals surface area contributed by atoms with E-state index in [0.29, 0.717) is 6.04 Å². The van der Waals surface area contributed by atoms with Crippen LogP contribution in [0.25, 0.3) is 0 Å². The standard InChI is InChI=1S/C19H22ClN/c1-14-8-9-15(17(20)12-14)13-18(21-2)19(10-11-19)16-6-4-3-5-7-16/h3-9,12,18,21H,10-11,13H2,1-2H3. The first-order valence-electron chi connectivity index (χ1n) is 7.63. The minimum Gasteiger partial charge on any atom is -0.316 e. The van der Waals surface area contributed by atoms with Crippen molar-refractivity contribution < 1.29 is 0 Å². The van der Waals surface area contributed by atoms with Crippen molar-refractivity contribution in [3.05, 3.63) is 70.2 Å². The molecule has 1 aliphatic carbocycles. The summed E-state index contributed by atoms with van der Waals surface area (Å²) in [7, 11) is 2.07. The van der Waals surface area contributed by atoms with Crippen LogP contribution >= 0.6 is 11.6 Å². The molecule has 0 spiro atoms. The first-order valence-corrected chi connectivity index (χ1v) is 8.01. The van der Waals surface area contributed by atoms with E-state index in [0.717, 1.165) is 11.4 Å². The van der Waals surface area contributed by atoms with Gasteiger partial charge in [-0.2, -0.15) is 0 Å². The van der Waals surface area contributed by atoms with Gasteiger partial charge < -0.3 is 5.32 Å². The summed E-state index contributed by atoms with van der Waals surface area (Å²) in [6.45, 7) is 2.08. The number of likely N-dealkylation sites (N-methyl/N-ethyl adjacent to an activating group) is 1. The van der Waals surface area contributed by atoms with E-state index in [2.05, 4.69) is 67.8 Å².